The molecule has 0 saturated heterocycles. The van der Waals surface area contributed by atoms with E-state index in [-0.39, 0.29) is 32.5 Å². The highest BCUT2D eigenvalue weighted by molar-refractivity contribution is 5.95. The molecule has 0 radical (unpaired) electrons. The number of nitrogens with zero attached hydrogens (tertiary/aromatic N) is 1. The lowest BCUT2D eigenvalue weighted by Crippen LogP contribution is -2.58. The fourth-order valence-electron chi connectivity index (χ4n) is 21.4. The van der Waals surface area contributed by atoms with Crippen molar-refractivity contribution in [3.8, 4) is 66.8 Å². The van der Waals surface area contributed by atoms with Crippen molar-refractivity contribution in [3.05, 3.63) is 304 Å². The van der Waals surface area contributed by atoms with Gasteiger partial charge in [-0.15, -0.1) is 0 Å². The highest BCUT2D eigenvalue weighted by atomic mass is 15.1. The molecule has 0 N–H and O–H groups in total. The van der Waals surface area contributed by atoms with Crippen molar-refractivity contribution < 1.29 is 0 Å². The topological polar surface area (TPSA) is 3.24 Å². The highest BCUT2D eigenvalue weighted by Gasteiger charge is 2.82. The molecule has 0 heterocycles. The van der Waals surface area contributed by atoms with Crippen LogP contribution in [0.4, 0.5) is 17.1 Å². The number of hydrogen-bond donors (Lipinski definition) is 0. The summed E-state index contributed by atoms with van der Waals surface area (Å²) in [5.74, 6) is 1.02. The van der Waals surface area contributed by atoms with Crippen molar-refractivity contribution in [2.24, 2.45) is 5.92 Å². The Morgan fingerprint density at radius 2 is 0.859 bits per heavy atom. The van der Waals surface area contributed by atoms with Crippen LogP contribution in [-0.2, 0) is 32.5 Å². The van der Waals surface area contributed by atoms with Gasteiger partial charge in [-0.05, 0) is 196 Å². The Labute approximate surface area is 500 Å². The molecule has 0 amide bonds. The van der Waals surface area contributed by atoms with Gasteiger partial charge in [-0.25, -0.2) is 0 Å². The molecule has 11 aromatic carbocycles. The minimum atomic E-state index is -0.242. The van der Waals surface area contributed by atoms with Gasteiger partial charge in [0.05, 0.1) is 5.69 Å². The molecule has 8 aliphatic rings. The quantitative estimate of drug-likeness (QED) is 0.170. The van der Waals surface area contributed by atoms with Crippen LogP contribution in [0.2, 0.25) is 0 Å². The predicted molar refractivity (Wildman–Crippen MR) is 351 cm³/mol. The molecular formula is C84H67N. The van der Waals surface area contributed by atoms with Crippen LogP contribution in [0.15, 0.2) is 249 Å². The monoisotopic (exact) mass is 1090 g/mol. The van der Waals surface area contributed by atoms with Crippen molar-refractivity contribution in [3.63, 3.8) is 0 Å². The minimum absolute atomic E-state index is 0.0979. The Bertz CT molecular complexity index is 4740. The highest BCUT2D eigenvalue weighted by Crippen LogP contribution is 2.86. The van der Waals surface area contributed by atoms with Crippen LogP contribution in [0.25, 0.3) is 66.8 Å². The summed E-state index contributed by atoms with van der Waals surface area (Å²) >= 11 is 0. The molecule has 0 aromatic heterocycles. The Kier molecular flexibility index (Phi) is 9.34. The first kappa shape index (κ1) is 48.6. The summed E-state index contributed by atoms with van der Waals surface area (Å²) in [5.41, 5.74) is 34.0. The lowest BCUT2D eigenvalue weighted by Gasteiger charge is -2.60. The Balaban J connectivity index is 0.856. The van der Waals surface area contributed by atoms with Gasteiger partial charge < -0.3 is 4.90 Å². The summed E-state index contributed by atoms with van der Waals surface area (Å²) in [5, 5.41) is 0. The molecule has 85 heavy (non-hydrogen) atoms. The van der Waals surface area contributed by atoms with Crippen LogP contribution >= 0.6 is 0 Å². The zero-order valence-electron chi connectivity index (χ0n) is 49.2. The third kappa shape index (κ3) is 5.73. The average Bonchev–Trinajstić information content (AvgIpc) is 1.50. The lowest BCUT2D eigenvalue weighted by atomic mass is 9.42. The smallest absolute Gasteiger partial charge is 0.0508 e. The number of fused-ring (bicyclic) bond motifs is 19. The maximum Gasteiger partial charge on any atom is 0.0508 e. The number of rotatable bonds is 4. The van der Waals surface area contributed by atoms with E-state index >= 15 is 0 Å². The first-order valence-corrected chi connectivity index (χ1v) is 31.5. The molecule has 6 bridgehead atoms. The molecule has 7 unspecified atom stereocenters. The number of hydrogen-bond acceptors (Lipinski definition) is 1. The average molecular weight is 1090 g/mol. The first-order valence-electron chi connectivity index (χ1n) is 31.5. The van der Waals surface area contributed by atoms with Crippen LogP contribution in [-0.4, -0.2) is 0 Å². The normalized spacial score (nSPS) is 25.8. The van der Waals surface area contributed by atoms with Gasteiger partial charge in [0, 0.05) is 43.9 Å². The number of benzene rings is 11. The predicted octanol–water partition coefficient (Wildman–Crippen LogP) is 21.2. The summed E-state index contributed by atoms with van der Waals surface area (Å²) in [6.07, 6.45) is 4.53. The lowest BCUT2D eigenvalue weighted by molar-refractivity contribution is 0.0590. The van der Waals surface area contributed by atoms with Crippen molar-refractivity contribution in [2.75, 3.05) is 4.90 Å². The van der Waals surface area contributed by atoms with E-state index in [0.717, 1.165) is 31.4 Å². The molecular weight excluding hydrogens is 1020 g/mol. The van der Waals surface area contributed by atoms with Crippen molar-refractivity contribution in [1.82, 2.24) is 0 Å². The molecule has 1 heteroatoms. The molecule has 8 aliphatic carbocycles. The molecule has 1 spiro atoms. The van der Waals surface area contributed by atoms with Gasteiger partial charge in [0.15, 0.2) is 0 Å². The van der Waals surface area contributed by atoms with E-state index in [2.05, 4.69) is 288 Å². The van der Waals surface area contributed by atoms with E-state index in [1.165, 1.54) is 112 Å². The van der Waals surface area contributed by atoms with Gasteiger partial charge >= 0.3 is 0 Å². The second-order valence-corrected chi connectivity index (χ2v) is 28.2. The van der Waals surface area contributed by atoms with Gasteiger partial charge in [0.2, 0.25) is 0 Å². The first-order chi connectivity index (χ1) is 41.5. The fourth-order valence-corrected chi connectivity index (χ4v) is 21.4. The standard InChI is InChI=1S/C84H67N/c1-79(2)67-33-15-10-26-60(67)64-45-44-54(46-73(64)79)85(75-39-21-32-66-63-29-11-16-34-68(63)80(3,4)77(66)75)53-42-40-51(41-43-53)56-31-20-38-72-76(56)65-30-9-6-22-55(65)52-47-82-49-74(59-25-8-7-23-57(59)58-24-13-18-36-70(58)82)83-50-81(5,84(72,48-52)78(82)83)69-35-17-12-27-61(69)62-28-14-19-37-71(62)83/h6-46,52,74,78H,47-50H2,1-5H3. The molecule has 1 nitrogen and oxygen atoms in total. The van der Waals surface area contributed by atoms with E-state index in [0.29, 0.717) is 17.8 Å². The minimum Gasteiger partial charge on any atom is -0.310 e. The maximum atomic E-state index is 2.77. The van der Waals surface area contributed by atoms with Gasteiger partial charge in [0.25, 0.3) is 0 Å². The fraction of sp³-hybridized carbons (Fsp3) is 0.214. The maximum absolute atomic E-state index is 2.77. The summed E-state index contributed by atoms with van der Waals surface area (Å²) in [4.78, 5) is 2.59. The van der Waals surface area contributed by atoms with Crippen molar-refractivity contribution >= 4 is 17.1 Å². The third-order valence-electron chi connectivity index (χ3n) is 24.2. The van der Waals surface area contributed by atoms with E-state index in [9.17, 15) is 0 Å². The third-order valence-corrected chi connectivity index (χ3v) is 24.2. The van der Waals surface area contributed by atoms with E-state index in [1.54, 1.807) is 22.3 Å². The van der Waals surface area contributed by atoms with E-state index < -0.39 is 0 Å². The summed E-state index contributed by atoms with van der Waals surface area (Å²) in [7, 11) is 0. The largest absolute Gasteiger partial charge is 0.310 e. The molecule has 3 fully saturated rings. The Morgan fingerprint density at radius 3 is 1.59 bits per heavy atom. The van der Waals surface area contributed by atoms with Crippen molar-refractivity contribution in [1.29, 1.82) is 0 Å². The van der Waals surface area contributed by atoms with Crippen LogP contribution in [0.3, 0.4) is 0 Å². The van der Waals surface area contributed by atoms with Gasteiger partial charge in [-0.3, -0.25) is 0 Å². The Hall–Kier alpha value is -8.78. The van der Waals surface area contributed by atoms with Crippen LogP contribution in [0.5, 0.6) is 0 Å². The zero-order valence-corrected chi connectivity index (χ0v) is 49.2. The second kappa shape index (κ2) is 16.3. The van der Waals surface area contributed by atoms with Gasteiger partial charge in [-0.2, -0.15) is 0 Å². The second-order valence-electron chi connectivity index (χ2n) is 28.2. The molecule has 11 aromatic rings. The van der Waals surface area contributed by atoms with Crippen LogP contribution < -0.4 is 4.90 Å². The summed E-state index contributed by atoms with van der Waals surface area (Å²) in [6.45, 7) is 12.4. The number of anilines is 3. The van der Waals surface area contributed by atoms with Crippen molar-refractivity contribution in [2.45, 2.75) is 105 Å². The summed E-state index contributed by atoms with van der Waals surface area (Å²) in [6, 6.07) is 98.6. The van der Waals surface area contributed by atoms with E-state index in [4.69, 9.17) is 0 Å². The zero-order chi connectivity index (χ0) is 56.6. The van der Waals surface area contributed by atoms with E-state index in [1.807, 2.05) is 0 Å². The summed E-state index contributed by atoms with van der Waals surface area (Å²) < 4.78 is 0. The molecule has 0 aliphatic heterocycles. The Morgan fingerprint density at radius 1 is 0.353 bits per heavy atom. The van der Waals surface area contributed by atoms with Crippen LogP contribution in [0.1, 0.15) is 128 Å². The molecule has 408 valence electrons. The molecule has 19 rings (SSSR count). The van der Waals surface area contributed by atoms with Crippen LogP contribution in [0, 0.1) is 5.92 Å². The molecule has 3 saturated carbocycles. The molecule has 7 atom stereocenters. The van der Waals surface area contributed by atoms with Gasteiger partial charge in [0.1, 0.15) is 0 Å². The SMILES string of the molecule is CC1(C)c2ccccc2-c2ccc(N(c3ccc(-c4cccc5c4-c4ccccc4C4CC67CC(c8ccccc8-c8ccccc86)C68CC(C)(c9ccccc9-c9ccccc96)C5(C4)C78)cc3)c3cccc4c3C(C)(C)c3ccccc3-4)cc21. The van der Waals surface area contributed by atoms with Gasteiger partial charge in [-0.1, -0.05) is 253 Å².